The molecule has 0 aliphatic heterocycles. The zero-order valence-corrected chi connectivity index (χ0v) is 14.9. The van der Waals surface area contributed by atoms with Gasteiger partial charge < -0.3 is 10.1 Å². The summed E-state index contributed by atoms with van der Waals surface area (Å²) in [5, 5.41) is 7.77. The van der Waals surface area contributed by atoms with E-state index in [0.717, 1.165) is 14.9 Å². The van der Waals surface area contributed by atoms with E-state index in [4.69, 9.17) is 4.74 Å². The number of carbonyl (C=O) groups is 1. The van der Waals surface area contributed by atoms with Crippen molar-refractivity contribution in [3.63, 3.8) is 0 Å². The van der Waals surface area contributed by atoms with Gasteiger partial charge in [0, 0.05) is 30.9 Å². The fourth-order valence-corrected chi connectivity index (χ4v) is 2.66. The Labute approximate surface area is 149 Å². The fourth-order valence-electron chi connectivity index (χ4n) is 2.47. The molecule has 0 unspecified atom stereocenters. The lowest BCUT2D eigenvalue weighted by molar-refractivity contribution is 0.102. The molecule has 1 amide bonds. The predicted molar refractivity (Wildman–Crippen MR) is 99.5 cm³/mol. The van der Waals surface area contributed by atoms with E-state index in [2.05, 4.69) is 23.2 Å². The number of hydrogen-bond donors (Lipinski definition) is 2. The molecule has 0 fully saturated rings. The van der Waals surface area contributed by atoms with Crippen molar-refractivity contribution >= 4 is 35.3 Å². The molecule has 0 radical (unpaired) electrons. The highest BCUT2D eigenvalue weighted by Gasteiger charge is 2.18. The van der Waals surface area contributed by atoms with Gasteiger partial charge in [-0.25, -0.2) is 0 Å². The molecule has 0 atom stereocenters. The summed E-state index contributed by atoms with van der Waals surface area (Å²) in [6, 6.07) is 6.59. The van der Waals surface area contributed by atoms with E-state index in [9.17, 15) is 9.59 Å². The van der Waals surface area contributed by atoms with Gasteiger partial charge in [0.15, 0.2) is 0 Å². The fraction of sp³-hybridized carbons (Fsp3) is 0.235. The van der Waals surface area contributed by atoms with Crippen LogP contribution in [-0.4, -0.2) is 25.8 Å². The molecule has 0 aliphatic carbocycles. The number of aromatic nitrogens is 3. The Morgan fingerprint density at radius 3 is 2.84 bits per heavy atom. The number of fused-ring (bicyclic) bond motifs is 1. The smallest absolute Gasteiger partial charge is 0.284 e. The Balaban J connectivity index is 2.04. The molecule has 0 spiro atoms. The van der Waals surface area contributed by atoms with Gasteiger partial charge in [0.05, 0.1) is 17.2 Å². The van der Waals surface area contributed by atoms with Crippen molar-refractivity contribution in [3.05, 3.63) is 52.6 Å². The maximum Gasteiger partial charge on any atom is 0.284 e. The topological polar surface area (TPSA) is 78.2 Å². The second-order valence-corrected chi connectivity index (χ2v) is 6.33. The van der Waals surface area contributed by atoms with Crippen molar-refractivity contribution in [2.75, 3.05) is 5.32 Å². The lowest BCUT2D eigenvalue weighted by atomic mass is 10.1. The van der Waals surface area contributed by atoms with Crippen molar-refractivity contribution in [1.82, 2.24) is 13.8 Å². The summed E-state index contributed by atoms with van der Waals surface area (Å²) >= 11 is 4.01. The number of ether oxygens (including phenoxy) is 1. The molecule has 3 aromatic rings. The first-order valence-electron chi connectivity index (χ1n) is 7.71. The summed E-state index contributed by atoms with van der Waals surface area (Å²) in [7, 11) is 1.81. The van der Waals surface area contributed by atoms with Crippen LogP contribution in [0.25, 0.3) is 10.9 Å². The maximum atomic E-state index is 12.7. The molecule has 25 heavy (non-hydrogen) atoms. The standard InChI is InChI=1S/C17H18N4O3S/c1-10(2)24-15-8-14-11(9-20(3)19-14)7-12(15)16(22)18-13-5-4-6-21(25)17(13)23/h4-10,25H,1-3H3,(H,18,22). The minimum atomic E-state index is -0.432. The Kier molecular flexibility index (Phi) is 4.54. The molecule has 7 nitrogen and oxygen atoms in total. The van der Waals surface area contributed by atoms with Gasteiger partial charge >= 0.3 is 0 Å². The largest absolute Gasteiger partial charge is 0.490 e. The number of thiol groups is 1. The maximum absolute atomic E-state index is 12.7. The van der Waals surface area contributed by atoms with Gasteiger partial charge in [-0.15, -0.1) is 0 Å². The van der Waals surface area contributed by atoms with Crippen LogP contribution in [0.2, 0.25) is 0 Å². The molecule has 0 aliphatic rings. The number of rotatable bonds is 4. The molecule has 0 saturated heterocycles. The van der Waals surface area contributed by atoms with E-state index < -0.39 is 11.5 Å². The van der Waals surface area contributed by atoms with Crippen molar-refractivity contribution in [3.8, 4) is 5.75 Å². The summed E-state index contributed by atoms with van der Waals surface area (Å²) < 4.78 is 8.54. The number of aryl methyl sites for hydroxylation is 1. The van der Waals surface area contributed by atoms with Crippen molar-refractivity contribution in [1.29, 1.82) is 0 Å². The number of pyridine rings is 1. The van der Waals surface area contributed by atoms with E-state index in [1.807, 2.05) is 27.1 Å². The van der Waals surface area contributed by atoms with Gasteiger partial charge in [0.2, 0.25) is 0 Å². The number of amides is 1. The van der Waals surface area contributed by atoms with E-state index in [1.165, 1.54) is 12.3 Å². The van der Waals surface area contributed by atoms with E-state index in [0.29, 0.717) is 11.3 Å². The molecule has 1 N–H and O–H groups in total. The number of benzene rings is 1. The third-order valence-electron chi connectivity index (χ3n) is 3.50. The highest BCUT2D eigenvalue weighted by molar-refractivity contribution is 7.78. The Morgan fingerprint density at radius 2 is 2.12 bits per heavy atom. The highest BCUT2D eigenvalue weighted by atomic mass is 32.1. The van der Waals surface area contributed by atoms with Crippen LogP contribution in [-0.2, 0) is 7.05 Å². The van der Waals surface area contributed by atoms with Crippen LogP contribution in [0.1, 0.15) is 24.2 Å². The number of carbonyl (C=O) groups excluding carboxylic acids is 1. The summed E-state index contributed by atoms with van der Waals surface area (Å²) in [4.78, 5) is 24.8. The van der Waals surface area contributed by atoms with Crippen molar-refractivity contribution in [2.45, 2.75) is 20.0 Å². The summed E-state index contributed by atoms with van der Waals surface area (Å²) in [5.41, 5.74) is 0.799. The van der Waals surface area contributed by atoms with E-state index in [1.54, 1.807) is 22.9 Å². The third kappa shape index (κ3) is 3.53. The summed E-state index contributed by atoms with van der Waals surface area (Å²) in [6.07, 6.45) is 3.20. The van der Waals surface area contributed by atoms with Crippen LogP contribution in [0.15, 0.2) is 41.5 Å². The molecule has 2 aromatic heterocycles. The highest BCUT2D eigenvalue weighted by Crippen LogP contribution is 2.27. The molecule has 130 valence electrons. The van der Waals surface area contributed by atoms with Gasteiger partial charge in [0.1, 0.15) is 11.4 Å². The minimum absolute atomic E-state index is 0.112. The zero-order chi connectivity index (χ0) is 18.1. The number of nitrogens with zero attached hydrogens (tertiary/aromatic N) is 3. The molecular weight excluding hydrogens is 340 g/mol. The van der Waals surface area contributed by atoms with Crippen LogP contribution in [0, 0.1) is 0 Å². The SMILES string of the molecule is CC(C)Oc1cc2nn(C)cc2cc1C(=O)Nc1cccn(S)c1=O. The van der Waals surface area contributed by atoms with Crippen molar-refractivity contribution in [2.24, 2.45) is 7.05 Å². The van der Waals surface area contributed by atoms with Gasteiger partial charge in [-0.1, -0.05) is 12.8 Å². The summed E-state index contributed by atoms with van der Waals surface area (Å²) in [5.74, 6) is -0.0149. The lowest BCUT2D eigenvalue weighted by Gasteiger charge is -2.14. The number of nitrogens with one attached hydrogen (secondary N) is 1. The van der Waals surface area contributed by atoms with Crippen LogP contribution in [0.5, 0.6) is 5.75 Å². The monoisotopic (exact) mass is 358 g/mol. The first-order chi connectivity index (χ1) is 11.8. The second-order valence-electron chi connectivity index (χ2n) is 5.90. The average molecular weight is 358 g/mol. The lowest BCUT2D eigenvalue weighted by Crippen LogP contribution is -2.22. The van der Waals surface area contributed by atoms with E-state index in [-0.39, 0.29) is 11.8 Å². The van der Waals surface area contributed by atoms with Gasteiger partial charge in [-0.3, -0.25) is 18.2 Å². The Morgan fingerprint density at radius 1 is 1.36 bits per heavy atom. The molecule has 1 aromatic carbocycles. The normalized spacial score (nSPS) is 11.1. The predicted octanol–water partition coefficient (Wildman–Crippen LogP) is 2.47. The average Bonchev–Trinajstić information content (AvgIpc) is 2.89. The van der Waals surface area contributed by atoms with Crippen LogP contribution in [0.4, 0.5) is 5.69 Å². The minimum Gasteiger partial charge on any atom is -0.490 e. The van der Waals surface area contributed by atoms with Gasteiger partial charge in [-0.05, 0) is 32.0 Å². The quantitative estimate of drug-likeness (QED) is 0.703. The van der Waals surface area contributed by atoms with Gasteiger partial charge in [0.25, 0.3) is 11.5 Å². The second kappa shape index (κ2) is 6.64. The van der Waals surface area contributed by atoms with Crippen LogP contribution >= 0.6 is 12.8 Å². The van der Waals surface area contributed by atoms with Crippen LogP contribution < -0.4 is 15.6 Å². The van der Waals surface area contributed by atoms with Crippen molar-refractivity contribution < 1.29 is 9.53 Å². The third-order valence-corrected chi connectivity index (χ3v) is 3.82. The Bertz CT molecular complexity index is 1010. The molecule has 3 rings (SSSR count). The Hall–Kier alpha value is -2.74. The molecule has 8 heteroatoms. The first kappa shape index (κ1) is 17.1. The number of anilines is 1. The summed E-state index contributed by atoms with van der Waals surface area (Å²) in [6.45, 7) is 3.75. The molecule has 0 saturated carbocycles. The number of hydrogen-bond acceptors (Lipinski definition) is 5. The first-order valence-corrected chi connectivity index (χ1v) is 8.11. The molecule has 2 heterocycles. The van der Waals surface area contributed by atoms with Crippen LogP contribution in [0.3, 0.4) is 0 Å². The van der Waals surface area contributed by atoms with Gasteiger partial charge in [-0.2, -0.15) is 5.10 Å². The zero-order valence-electron chi connectivity index (χ0n) is 14.1. The molecular formula is C17H18N4O3S. The molecule has 0 bridgehead atoms. The van der Waals surface area contributed by atoms with E-state index >= 15 is 0 Å².